The maximum absolute atomic E-state index is 13.6. The lowest BCUT2D eigenvalue weighted by atomic mass is 9.74. The molecule has 1 aliphatic carbocycles. The number of fused-ring (bicyclic) bond motifs is 1. The van der Waals surface area contributed by atoms with E-state index in [0.717, 1.165) is 11.4 Å². The van der Waals surface area contributed by atoms with Crippen molar-refractivity contribution in [2.45, 2.75) is 46.1 Å². The highest BCUT2D eigenvalue weighted by Gasteiger charge is 2.44. The number of nitrogens with zero attached hydrogens (tertiary/aromatic N) is 1. The molecule has 0 bridgehead atoms. The van der Waals surface area contributed by atoms with Gasteiger partial charge in [-0.05, 0) is 47.7 Å². The highest BCUT2D eigenvalue weighted by Crippen LogP contribution is 2.49. The minimum absolute atomic E-state index is 0.0302. The van der Waals surface area contributed by atoms with Crippen molar-refractivity contribution in [2.75, 3.05) is 10.2 Å². The summed E-state index contributed by atoms with van der Waals surface area (Å²) in [4.78, 5) is 40.1. The van der Waals surface area contributed by atoms with Gasteiger partial charge in [-0.1, -0.05) is 51.1 Å². The third kappa shape index (κ3) is 4.11. The first-order valence-corrected chi connectivity index (χ1v) is 12.0. The smallest absolute Gasteiger partial charge is 0.227 e. The number of amides is 1. The monoisotopic (exact) mass is 483 g/mol. The number of rotatable bonds is 4. The Bertz CT molecular complexity index is 1410. The molecule has 1 atom stereocenters. The van der Waals surface area contributed by atoms with Gasteiger partial charge in [0.2, 0.25) is 5.91 Å². The first-order valence-electron chi connectivity index (χ1n) is 12.0. The van der Waals surface area contributed by atoms with Crippen LogP contribution in [0.4, 0.5) is 11.4 Å². The fraction of sp³-hybridized carbons (Fsp3) is 0.276. The number of aromatic carboxylic acids is 1. The second kappa shape index (κ2) is 8.82. The van der Waals surface area contributed by atoms with E-state index in [1.165, 1.54) is 12.1 Å². The van der Waals surface area contributed by atoms with Gasteiger partial charge in [-0.25, -0.2) is 0 Å². The molecule has 1 N–H and O–H groups in total. The summed E-state index contributed by atoms with van der Waals surface area (Å²) in [6.45, 7) is 5.92. The number of carboxylic acids is 1. The Kier molecular flexibility index (Phi) is 5.79. The Morgan fingerprint density at radius 3 is 2.61 bits per heavy atom. The van der Waals surface area contributed by atoms with E-state index < -0.39 is 12.0 Å². The molecule has 0 unspecified atom stereocenters. The Labute approximate surface area is 209 Å². The van der Waals surface area contributed by atoms with E-state index in [9.17, 15) is 19.5 Å². The fourth-order valence-corrected chi connectivity index (χ4v) is 5.16. The molecule has 1 aromatic heterocycles. The first kappa shape index (κ1) is 23.6. The number of carbonyl (C=O) groups is 3. The van der Waals surface area contributed by atoms with Crippen LogP contribution < -0.4 is 15.3 Å². The van der Waals surface area contributed by atoms with Crippen LogP contribution in [0.3, 0.4) is 0 Å². The summed E-state index contributed by atoms with van der Waals surface area (Å²) < 4.78 is 6.27. The molecule has 0 saturated heterocycles. The minimum atomic E-state index is -1.28. The third-order valence-electron chi connectivity index (χ3n) is 6.75. The summed E-state index contributed by atoms with van der Waals surface area (Å²) in [7, 11) is 0. The van der Waals surface area contributed by atoms with Crippen molar-refractivity contribution in [3.05, 3.63) is 83.3 Å². The lowest BCUT2D eigenvalue weighted by Gasteiger charge is -2.36. The molecule has 0 fully saturated rings. The molecule has 36 heavy (non-hydrogen) atoms. The number of furan rings is 1. The van der Waals surface area contributed by atoms with Crippen molar-refractivity contribution in [3.8, 4) is 11.3 Å². The Morgan fingerprint density at radius 1 is 1.08 bits per heavy atom. The van der Waals surface area contributed by atoms with Crippen LogP contribution in [-0.4, -0.2) is 17.7 Å². The Morgan fingerprint density at radius 2 is 1.86 bits per heavy atom. The standard InChI is InChI=1S/C29H28N2O5/c1-4-25(33)31-21-11-6-5-10-19(21)30-20-15-29(2,3)16-22(32)26(20)27(31)24-13-12-23(36-24)17-8-7-9-18(14-17)28(34)35/h5-14,27,30H,4,15-16H2,1-3H3,(H,34,35)/p-1/t27-/m0/s1. The lowest BCUT2D eigenvalue weighted by molar-refractivity contribution is -0.255. The zero-order valence-electron chi connectivity index (χ0n) is 20.5. The molecule has 2 aliphatic rings. The topological polar surface area (TPSA) is 103 Å². The zero-order chi connectivity index (χ0) is 25.6. The van der Waals surface area contributed by atoms with Gasteiger partial charge in [0, 0.05) is 29.7 Å². The molecule has 1 aliphatic heterocycles. The van der Waals surface area contributed by atoms with E-state index in [0.29, 0.717) is 41.2 Å². The highest BCUT2D eigenvalue weighted by atomic mass is 16.4. The predicted molar refractivity (Wildman–Crippen MR) is 134 cm³/mol. The van der Waals surface area contributed by atoms with Gasteiger partial charge in [0.05, 0.1) is 17.3 Å². The summed E-state index contributed by atoms with van der Waals surface area (Å²) in [5.41, 5.74) is 3.11. The van der Waals surface area contributed by atoms with E-state index in [1.807, 2.05) is 24.3 Å². The quantitative estimate of drug-likeness (QED) is 0.568. The number of benzene rings is 2. The molecule has 184 valence electrons. The Balaban J connectivity index is 1.71. The summed E-state index contributed by atoms with van der Waals surface area (Å²) in [5.74, 6) is -0.576. The highest BCUT2D eigenvalue weighted by molar-refractivity contribution is 6.06. The lowest BCUT2D eigenvalue weighted by Crippen LogP contribution is -2.39. The van der Waals surface area contributed by atoms with Gasteiger partial charge in [-0.15, -0.1) is 0 Å². The van der Waals surface area contributed by atoms with E-state index in [1.54, 1.807) is 36.1 Å². The van der Waals surface area contributed by atoms with Crippen LogP contribution in [0, 0.1) is 5.41 Å². The van der Waals surface area contributed by atoms with Gasteiger partial charge in [-0.3, -0.25) is 14.5 Å². The second-order valence-electron chi connectivity index (χ2n) is 10.1. The molecular weight excluding hydrogens is 456 g/mol. The van der Waals surface area contributed by atoms with Crippen LogP contribution in [-0.2, 0) is 9.59 Å². The average Bonchev–Trinajstić information content (AvgIpc) is 3.27. The van der Waals surface area contributed by atoms with Crippen LogP contribution in [0.5, 0.6) is 0 Å². The first-order chi connectivity index (χ1) is 17.2. The van der Waals surface area contributed by atoms with Crippen molar-refractivity contribution in [1.82, 2.24) is 0 Å². The van der Waals surface area contributed by atoms with Gasteiger partial charge in [0.15, 0.2) is 5.78 Å². The molecular formula is C29H27N2O5-. The number of hydrogen-bond acceptors (Lipinski definition) is 6. The van der Waals surface area contributed by atoms with Gasteiger partial charge >= 0.3 is 0 Å². The van der Waals surface area contributed by atoms with Crippen LogP contribution in [0.15, 0.2) is 76.4 Å². The second-order valence-corrected chi connectivity index (χ2v) is 10.1. The number of hydrogen-bond donors (Lipinski definition) is 1. The largest absolute Gasteiger partial charge is 0.545 e. The SMILES string of the molecule is CCC(=O)N1c2ccccc2NC2=C(C(=O)CC(C)(C)C2)[C@@H]1c1ccc(-c2cccc(C(=O)[O-])c2)o1. The molecule has 2 aromatic carbocycles. The van der Waals surface area contributed by atoms with Crippen molar-refractivity contribution in [2.24, 2.45) is 5.41 Å². The molecule has 2 heterocycles. The summed E-state index contributed by atoms with van der Waals surface area (Å²) in [6.07, 6.45) is 1.25. The normalized spacial score (nSPS) is 18.7. The van der Waals surface area contributed by atoms with Crippen LogP contribution in [0.2, 0.25) is 0 Å². The van der Waals surface area contributed by atoms with E-state index in [4.69, 9.17) is 4.42 Å². The van der Waals surface area contributed by atoms with Crippen LogP contribution in [0.25, 0.3) is 11.3 Å². The Hall–Kier alpha value is -4.13. The van der Waals surface area contributed by atoms with E-state index in [-0.39, 0.29) is 29.1 Å². The van der Waals surface area contributed by atoms with Gasteiger partial charge in [0.1, 0.15) is 17.6 Å². The molecule has 7 heteroatoms. The average molecular weight is 484 g/mol. The molecule has 1 amide bonds. The number of ketones is 1. The molecule has 0 spiro atoms. The fourth-order valence-electron chi connectivity index (χ4n) is 5.16. The van der Waals surface area contributed by atoms with Crippen molar-refractivity contribution in [1.29, 1.82) is 0 Å². The van der Waals surface area contributed by atoms with Crippen molar-refractivity contribution < 1.29 is 23.9 Å². The number of carbonyl (C=O) groups excluding carboxylic acids is 3. The number of Topliss-reactive ketones (excluding diaryl/α,β-unsaturated/α-hetero) is 1. The van der Waals surface area contributed by atoms with Gasteiger partial charge < -0.3 is 19.6 Å². The van der Waals surface area contributed by atoms with Gasteiger partial charge in [0.25, 0.3) is 0 Å². The number of para-hydroxylation sites is 2. The maximum Gasteiger partial charge on any atom is 0.227 e. The van der Waals surface area contributed by atoms with Crippen LogP contribution >= 0.6 is 0 Å². The maximum atomic E-state index is 13.6. The molecule has 5 rings (SSSR count). The van der Waals surface area contributed by atoms with Crippen LogP contribution in [0.1, 0.15) is 62.2 Å². The van der Waals surface area contributed by atoms with Crippen molar-refractivity contribution >= 4 is 29.0 Å². The predicted octanol–water partition coefficient (Wildman–Crippen LogP) is 4.86. The van der Waals surface area contributed by atoms with Gasteiger partial charge in [-0.2, -0.15) is 0 Å². The zero-order valence-corrected chi connectivity index (χ0v) is 20.5. The summed E-state index contributed by atoms with van der Waals surface area (Å²) in [6, 6.07) is 16.6. The number of allylic oxidation sites excluding steroid dienone is 1. The van der Waals surface area contributed by atoms with E-state index in [2.05, 4.69) is 19.2 Å². The molecule has 0 saturated carbocycles. The number of carboxylic acid groups (broad SMARTS) is 1. The minimum Gasteiger partial charge on any atom is -0.545 e. The van der Waals surface area contributed by atoms with Crippen molar-refractivity contribution in [3.63, 3.8) is 0 Å². The van der Waals surface area contributed by atoms with E-state index >= 15 is 0 Å². The summed E-state index contributed by atoms with van der Waals surface area (Å²) in [5, 5.41) is 14.8. The number of nitrogens with one attached hydrogen (secondary N) is 1. The molecule has 7 nitrogen and oxygen atoms in total. The molecule has 3 aromatic rings. The third-order valence-corrected chi connectivity index (χ3v) is 6.75. The summed E-state index contributed by atoms with van der Waals surface area (Å²) >= 11 is 0. The molecule has 0 radical (unpaired) electrons. The number of anilines is 2.